The number of anilines is 2. The van der Waals surface area contributed by atoms with Gasteiger partial charge in [0.25, 0.3) is 5.91 Å². The van der Waals surface area contributed by atoms with E-state index in [1.807, 2.05) is 13.8 Å². The second-order valence-electron chi connectivity index (χ2n) is 5.17. The molecule has 150 valence electrons. The molecule has 0 aliphatic heterocycles. The van der Waals surface area contributed by atoms with Gasteiger partial charge in [0.1, 0.15) is 5.56 Å². The summed E-state index contributed by atoms with van der Waals surface area (Å²) in [6.45, 7) is 3.59. The largest absolute Gasteiger partial charge is 0.394 e. The third-order valence-corrected chi connectivity index (χ3v) is 4.25. The molecular formula is C18H19BrClFN4O3. The van der Waals surface area contributed by atoms with Gasteiger partial charge in [-0.2, -0.15) is 0 Å². The molecule has 10 heteroatoms. The van der Waals surface area contributed by atoms with Gasteiger partial charge in [-0.15, -0.1) is 0 Å². The Morgan fingerprint density at radius 3 is 2.86 bits per heavy atom. The molecule has 0 atom stereocenters. The molecule has 1 amide bonds. The third kappa shape index (κ3) is 4.99. The number of imidazole rings is 1. The summed E-state index contributed by atoms with van der Waals surface area (Å²) in [5.41, 5.74) is 2.96. The van der Waals surface area contributed by atoms with E-state index in [0.29, 0.717) is 16.2 Å². The highest BCUT2D eigenvalue weighted by Crippen LogP contribution is 2.33. The summed E-state index contributed by atoms with van der Waals surface area (Å²) in [7, 11) is 0. The van der Waals surface area contributed by atoms with E-state index in [1.165, 1.54) is 16.9 Å². The lowest BCUT2D eigenvalue weighted by Crippen LogP contribution is -2.27. The normalized spacial score (nSPS) is 10.4. The molecule has 28 heavy (non-hydrogen) atoms. The van der Waals surface area contributed by atoms with Gasteiger partial charge in [-0.3, -0.25) is 9.63 Å². The molecule has 2 heterocycles. The van der Waals surface area contributed by atoms with Gasteiger partial charge in [0.2, 0.25) is 0 Å². The van der Waals surface area contributed by atoms with Crippen LogP contribution in [0.1, 0.15) is 24.2 Å². The number of rotatable bonds is 6. The Balaban J connectivity index is 0.00000136. The van der Waals surface area contributed by atoms with Crippen molar-refractivity contribution in [2.75, 3.05) is 18.5 Å². The summed E-state index contributed by atoms with van der Waals surface area (Å²) in [5, 5.41) is 12.1. The van der Waals surface area contributed by atoms with E-state index < -0.39 is 11.7 Å². The quantitative estimate of drug-likeness (QED) is 0.367. The van der Waals surface area contributed by atoms with Gasteiger partial charge in [0, 0.05) is 10.7 Å². The molecular weight excluding hydrogens is 455 g/mol. The number of halogens is 3. The number of pyridine rings is 1. The summed E-state index contributed by atoms with van der Waals surface area (Å²) in [6, 6.07) is 5.11. The van der Waals surface area contributed by atoms with Crippen LogP contribution in [0.15, 0.2) is 41.4 Å². The van der Waals surface area contributed by atoms with Crippen LogP contribution in [0.2, 0.25) is 5.02 Å². The van der Waals surface area contributed by atoms with Crippen LogP contribution in [-0.4, -0.2) is 33.6 Å². The number of nitrogens with zero attached hydrogens (tertiary/aromatic N) is 2. The van der Waals surface area contributed by atoms with Gasteiger partial charge in [0.05, 0.1) is 47.7 Å². The Morgan fingerprint density at radius 2 is 2.18 bits per heavy atom. The molecule has 0 fully saturated rings. The van der Waals surface area contributed by atoms with Crippen molar-refractivity contribution in [3.8, 4) is 0 Å². The zero-order valence-electron chi connectivity index (χ0n) is 15.2. The first-order chi connectivity index (χ1) is 13.5. The Morgan fingerprint density at radius 1 is 1.43 bits per heavy atom. The van der Waals surface area contributed by atoms with Gasteiger partial charge in [0.15, 0.2) is 5.82 Å². The number of aromatic nitrogens is 2. The number of aliphatic hydroxyl groups excluding tert-OH is 1. The molecule has 0 bridgehead atoms. The monoisotopic (exact) mass is 472 g/mol. The lowest BCUT2D eigenvalue weighted by molar-refractivity contribution is 0.0166. The van der Waals surface area contributed by atoms with E-state index >= 15 is 0 Å². The number of carbonyl (C=O) groups excluding carboxylic acids is 1. The topological polar surface area (TPSA) is 87.9 Å². The fraction of sp³-hybridized carbons (Fsp3) is 0.222. The molecule has 3 N–H and O–H groups in total. The highest BCUT2D eigenvalue weighted by atomic mass is 79.9. The first-order valence-electron chi connectivity index (χ1n) is 8.40. The van der Waals surface area contributed by atoms with Crippen LogP contribution in [0.25, 0.3) is 5.52 Å². The lowest BCUT2D eigenvalue weighted by Gasteiger charge is -2.15. The Bertz CT molecular complexity index is 967. The first kappa shape index (κ1) is 22.1. The van der Waals surface area contributed by atoms with Crippen molar-refractivity contribution in [3.63, 3.8) is 0 Å². The maximum absolute atomic E-state index is 14.6. The standard InChI is InChI=1S/C16H13BrClFN4O3.C2H6/c17-9-1-2-12(10(18)5-9)21-15-13-6-20-8-23(13)7-11(19)14(15)16(25)22-26-4-3-24;1-2/h1-2,5-8,21,24H,3-4H2,(H,22,25);1-2H3. The minimum Gasteiger partial charge on any atom is -0.394 e. The van der Waals surface area contributed by atoms with Gasteiger partial charge in [-0.1, -0.05) is 41.4 Å². The van der Waals surface area contributed by atoms with Crippen molar-refractivity contribution in [2.24, 2.45) is 0 Å². The Kier molecular flexibility index (Phi) is 8.18. The maximum Gasteiger partial charge on any atom is 0.280 e. The molecule has 2 aromatic heterocycles. The van der Waals surface area contributed by atoms with Crippen molar-refractivity contribution in [1.29, 1.82) is 0 Å². The zero-order valence-corrected chi connectivity index (χ0v) is 17.5. The van der Waals surface area contributed by atoms with Crippen LogP contribution in [-0.2, 0) is 4.84 Å². The fourth-order valence-corrected chi connectivity index (χ4v) is 3.04. The minimum absolute atomic E-state index is 0.121. The smallest absolute Gasteiger partial charge is 0.280 e. The van der Waals surface area contributed by atoms with E-state index in [1.54, 1.807) is 18.2 Å². The second-order valence-corrected chi connectivity index (χ2v) is 6.49. The minimum atomic E-state index is -0.810. The molecule has 0 aliphatic rings. The Hall–Kier alpha value is -2.20. The van der Waals surface area contributed by atoms with Crippen LogP contribution in [0, 0.1) is 5.82 Å². The SMILES string of the molecule is CC.O=C(NOCCO)c1c(F)cn2cncc2c1Nc1ccc(Br)cc1Cl. The molecule has 0 unspecified atom stereocenters. The summed E-state index contributed by atoms with van der Waals surface area (Å²) in [5.74, 6) is -1.59. The lowest BCUT2D eigenvalue weighted by atomic mass is 10.1. The van der Waals surface area contributed by atoms with Crippen molar-refractivity contribution >= 4 is 50.3 Å². The van der Waals surface area contributed by atoms with Crippen molar-refractivity contribution < 1.29 is 19.1 Å². The number of hydroxylamine groups is 1. The van der Waals surface area contributed by atoms with Crippen LogP contribution >= 0.6 is 27.5 Å². The van der Waals surface area contributed by atoms with Crippen molar-refractivity contribution in [1.82, 2.24) is 14.9 Å². The summed E-state index contributed by atoms with van der Waals surface area (Å²) in [6.07, 6.45) is 4.04. The first-order valence-corrected chi connectivity index (χ1v) is 9.57. The molecule has 0 spiro atoms. The van der Waals surface area contributed by atoms with Gasteiger partial charge < -0.3 is 14.8 Å². The molecule has 3 rings (SSSR count). The van der Waals surface area contributed by atoms with Crippen LogP contribution in [0.5, 0.6) is 0 Å². The predicted molar refractivity (Wildman–Crippen MR) is 109 cm³/mol. The van der Waals surface area contributed by atoms with Crippen LogP contribution in [0.3, 0.4) is 0 Å². The summed E-state index contributed by atoms with van der Waals surface area (Å²) < 4.78 is 16.8. The van der Waals surface area contributed by atoms with E-state index in [4.69, 9.17) is 21.5 Å². The highest BCUT2D eigenvalue weighted by molar-refractivity contribution is 9.10. The van der Waals surface area contributed by atoms with Crippen LogP contribution < -0.4 is 10.8 Å². The molecule has 7 nitrogen and oxygen atoms in total. The molecule has 0 radical (unpaired) electrons. The summed E-state index contributed by atoms with van der Waals surface area (Å²) in [4.78, 5) is 21.2. The fourth-order valence-electron chi connectivity index (χ4n) is 2.32. The number of hydrogen-bond acceptors (Lipinski definition) is 5. The predicted octanol–water partition coefficient (Wildman–Crippen LogP) is 4.31. The molecule has 1 aromatic carbocycles. The van der Waals surface area contributed by atoms with Gasteiger partial charge >= 0.3 is 0 Å². The van der Waals surface area contributed by atoms with E-state index in [2.05, 4.69) is 31.7 Å². The number of carbonyl (C=O) groups is 1. The number of benzene rings is 1. The average molecular weight is 474 g/mol. The van der Waals surface area contributed by atoms with E-state index in [-0.39, 0.29) is 24.5 Å². The average Bonchev–Trinajstić information content (AvgIpc) is 3.13. The van der Waals surface area contributed by atoms with Crippen LogP contribution in [0.4, 0.5) is 15.8 Å². The van der Waals surface area contributed by atoms with E-state index in [9.17, 15) is 9.18 Å². The molecule has 0 aliphatic carbocycles. The number of fused-ring (bicyclic) bond motifs is 1. The third-order valence-electron chi connectivity index (χ3n) is 3.44. The molecule has 0 saturated carbocycles. The maximum atomic E-state index is 14.6. The number of hydrogen-bond donors (Lipinski definition) is 3. The van der Waals surface area contributed by atoms with Gasteiger partial charge in [-0.05, 0) is 18.2 Å². The van der Waals surface area contributed by atoms with Gasteiger partial charge in [-0.25, -0.2) is 14.9 Å². The number of aliphatic hydroxyl groups is 1. The number of amides is 1. The summed E-state index contributed by atoms with van der Waals surface area (Å²) >= 11 is 9.53. The number of nitrogens with one attached hydrogen (secondary N) is 2. The highest BCUT2D eigenvalue weighted by Gasteiger charge is 2.22. The molecule has 0 saturated heterocycles. The zero-order chi connectivity index (χ0) is 20.7. The van der Waals surface area contributed by atoms with Crippen molar-refractivity contribution in [3.05, 3.63) is 57.8 Å². The second kappa shape index (κ2) is 10.4. The molecule has 3 aromatic rings. The Labute approximate surface area is 174 Å². The van der Waals surface area contributed by atoms with Crippen molar-refractivity contribution in [2.45, 2.75) is 13.8 Å². The van der Waals surface area contributed by atoms with E-state index in [0.717, 1.165) is 10.7 Å².